The Morgan fingerprint density at radius 3 is 1.62 bits per heavy atom. The predicted octanol–water partition coefficient (Wildman–Crippen LogP) is 14.9. The third-order valence-corrected chi connectivity index (χ3v) is 10.7. The van der Waals surface area contributed by atoms with Crippen LogP contribution in [0.3, 0.4) is 0 Å². The molecular weight excluding hydrogens is 641 g/mol. The number of rotatable bonds is 4. The molecule has 0 aliphatic rings. The molecule has 0 amide bonds. The van der Waals surface area contributed by atoms with Gasteiger partial charge in [-0.3, -0.25) is 0 Å². The van der Waals surface area contributed by atoms with Crippen molar-refractivity contribution in [2.24, 2.45) is 0 Å². The maximum atomic E-state index is 8.89. The lowest BCUT2D eigenvalue weighted by atomic mass is 9.85. The van der Waals surface area contributed by atoms with Crippen LogP contribution in [0.1, 0.15) is 6.85 Å². The molecule has 0 unspecified atom stereocenters. The molecule has 0 saturated carbocycles. The average molecular weight is 678 g/mol. The second kappa shape index (κ2) is 11.8. The van der Waals surface area contributed by atoms with Gasteiger partial charge in [0.15, 0.2) is 0 Å². The molecule has 1 aromatic heterocycles. The maximum Gasteiger partial charge on any atom is 0.136 e. The summed E-state index contributed by atoms with van der Waals surface area (Å²) in [5.74, 6) is 0. The highest BCUT2D eigenvalue weighted by atomic mass is 16.3. The minimum atomic E-state index is -0.399. The molecular formula is C52H32O. The summed E-state index contributed by atoms with van der Waals surface area (Å²) in [6.45, 7) is 0. The Morgan fingerprint density at radius 2 is 0.906 bits per heavy atom. The molecule has 11 aromatic rings. The first-order valence-corrected chi connectivity index (χ1v) is 17.8. The van der Waals surface area contributed by atoms with E-state index in [4.69, 9.17) is 11.3 Å². The van der Waals surface area contributed by atoms with Crippen molar-refractivity contribution < 1.29 is 11.3 Å². The molecule has 0 aliphatic carbocycles. The van der Waals surface area contributed by atoms with E-state index in [-0.39, 0.29) is 29.7 Å². The summed E-state index contributed by atoms with van der Waals surface area (Å²) in [5, 5.41) is 10.5. The lowest BCUT2D eigenvalue weighted by Gasteiger charge is -2.18. The predicted molar refractivity (Wildman–Crippen MR) is 225 cm³/mol. The van der Waals surface area contributed by atoms with Crippen molar-refractivity contribution >= 4 is 65.0 Å². The molecule has 0 fully saturated rings. The van der Waals surface area contributed by atoms with Gasteiger partial charge in [-0.25, -0.2) is 0 Å². The van der Waals surface area contributed by atoms with Crippen molar-refractivity contribution in [2.75, 3.05) is 0 Å². The molecule has 11 rings (SSSR count). The zero-order valence-corrected chi connectivity index (χ0v) is 28.5. The molecule has 1 heteroatoms. The van der Waals surface area contributed by atoms with Crippen molar-refractivity contribution in [3.8, 4) is 44.5 Å². The summed E-state index contributed by atoms with van der Waals surface area (Å²) in [6, 6.07) is 55.4. The number of para-hydroxylation sites is 1. The Kier molecular flexibility index (Phi) is 5.58. The monoisotopic (exact) mass is 677 g/mol. The van der Waals surface area contributed by atoms with Gasteiger partial charge in [0.05, 0.1) is 6.85 Å². The van der Waals surface area contributed by atoms with E-state index >= 15 is 0 Å². The van der Waals surface area contributed by atoms with Crippen LogP contribution in [0.5, 0.6) is 0 Å². The van der Waals surface area contributed by atoms with Crippen LogP contribution in [-0.2, 0) is 0 Å². The number of hydrogen-bond acceptors (Lipinski definition) is 1. The summed E-state index contributed by atoms with van der Waals surface area (Å²) in [6.07, 6.45) is 0. The molecule has 0 saturated heterocycles. The van der Waals surface area contributed by atoms with E-state index in [1.807, 2.05) is 54.6 Å². The molecule has 0 spiro atoms. The van der Waals surface area contributed by atoms with Crippen LogP contribution in [0.2, 0.25) is 0 Å². The lowest BCUT2D eigenvalue weighted by molar-refractivity contribution is 0.669. The Balaban J connectivity index is 1.09. The zero-order chi connectivity index (χ0) is 39.2. The van der Waals surface area contributed by atoms with E-state index in [1.165, 1.54) is 21.5 Å². The number of benzene rings is 10. The number of fused-ring (bicyclic) bond motifs is 8. The van der Waals surface area contributed by atoms with Gasteiger partial charge in [0, 0.05) is 10.8 Å². The van der Waals surface area contributed by atoms with Crippen LogP contribution in [0, 0.1) is 0 Å². The molecule has 1 nitrogen and oxygen atoms in total. The molecule has 1 heterocycles. The van der Waals surface area contributed by atoms with Crippen molar-refractivity contribution in [2.45, 2.75) is 0 Å². The second-order valence-corrected chi connectivity index (χ2v) is 13.6. The minimum absolute atomic E-state index is 0.208. The highest BCUT2D eigenvalue weighted by molar-refractivity contribution is 6.22. The lowest BCUT2D eigenvalue weighted by Crippen LogP contribution is -1.91. The third kappa shape index (κ3) is 4.64. The number of hydrogen-bond donors (Lipinski definition) is 0. The van der Waals surface area contributed by atoms with Gasteiger partial charge in [0.25, 0.3) is 0 Å². The molecule has 53 heavy (non-hydrogen) atoms. The summed E-state index contributed by atoms with van der Waals surface area (Å²) >= 11 is 0. The molecule has 0 atom stereocenters. The van der Waals surface area contributed by atoms with Crippen LogP contribution in [0.4, 0.5) is 0 Å². The topological polar surface area (TPSA) is 13.1 Å². The quantitative estimate of drug-likeness (QED) is 0.133. The SMILES string of the molecule is [2H]c1c([2H])c([2H])c(-c2c3ccccc3c(-c3ccc(-c4cc5ccccc5c5cc(-c6cccc7oc8ccccc8c67)ccc45)cc3)c3ccccc23)c([2H])c1[2H]. The van der Waals surface area contributed by atoms with E-state index in [0.717, 1.165) is 76.9 Å². The molecule has 0 aliphatic heterocycles. The Morgan fingerprint density at radius 1 is 0.340 bits per heavy atom. The van der Waals surface area contributed by atoms with Gasteiger partial charge in [0.1, 0.15) is 11.2 Å². The Bertz CT molecular complexity index is 3420. The van der Waals surface area contributed by atoms with Gasteiger partial charge >= 0.3 is 0 Å². The minimum Gasteiger partial charge on any atom is -0.456 e. The van der Waals surface area contributed by atoms with Gasteiger partial charge in [-0.15, -0.1) is 0 Å². The summed E-state index contributed by atoms with van der Waals surface area (Å²) in [5.41, 5.74) is 9.18. The Hall–Kier alpha value is -6.96. The normalized spacial score (nSPS) is 13.1. The van der Waals surface area contributed by atoms with Crippen LogP contribution in [0.15, 0.2) is 198 Å². The van der Waals surface area contributed by atoms with Crippen molar-refractivity contribution in [1.29, 1.82) is 0 Å². The van der Waals surface area contributed by atoms with Gasteiger partial charge in [-0.05, 0) is 112 Å². The first-order valence-electron chi connectivity index (χ1n) is 20.3. The van der Waals surface area contributed by atoms with Crippen LogP contribution in [-0.4, -0.2) is 0 Å². The maximum absolute atomic E-state index is 8.89. The molecule has 0 N–H and O–H groups in total. The largest absolute Gasteiger partial charge is 0.456 e. The van der Waals surface area contributed by atoms with Crippen molar-refractivity contribution in [3.63, 3.8) is 0 Å². The first-order chi connectivity index (χ1) is 28.4. The van der Waals surface area contributed by atoms with E-state index in [9.17, 15) is 0 Å². The average Bonchev–Trinajstić information content (AvgIpc) is 3.66. The zero-order valence-electron chi connectivity index (χ0n) is 33.5. The van der Waals surface area contributed by atoms with Crippen LogP contribution >= 0.6 is 0 Å². The fourth-order valence-corrected chi connectivity index (χ4v) is 8.43. The smallest absolute Gasteiger partial charge is 0.136 e. The first kappa shape index (κ1) is 25.1. The fourth-order valence-electron chi connectivity index (χ4n) is 8.43. The number of furan rings is 1. The van der Waals surface area contributed by atoms with Gasteiger partial charge in [0.2, 0.25) is 0 Å². The molecule has 0 radical (unpaired) electrons. The highest BCUT2D eigenvalue weighted by Crippen LogP contribution is 2.45. The van der Waals surface area contributed by atoms with E-state index in [1.54, 1.807) is 0 Å². The summed E-state index contributed by atoms with van der Waals surface area (Å²) in [4.78, 5) is 0. The van der Waals surface area contributed by atoms with Gasteiger partial charge in [-0.2, -0.15) is 0 Å². The third-order valence-electron chi connectivity index (χ3n) is 10.7. The van der Waals surface area contributed by atoms with Crippen molar-refractivity contribution in [3.05, 3.63) is 194 Å². The molecule has 10 aromatic carbocycles. The second-order valence-electron chi connectivity index (χ2n) is 13.6. The standard InChI is InChI=1S/C52H32O/c1-2-13-34(14-3-1)50-41-17-6-8-19-43(41)51(44-20-9-7-18-42(44)50)35-27-25-33(26-28-35)46-31-36-15-4-5-16-38(36)47-32-37(29-30-40(46)47)39-22-12-24-49-52(39)45-21-10-11-23-48(45)53-49/h1-32H/i1D,2D,3D,13D,14D. The fraction of sp³-hybridized carbons (Fsp3) is 0. The summed E-state index contributed by atoms with van der Waals surface area (Å²) < 4.78 is 49.2. The Labute approximate surface area is 314 Å². The van der Waals surface area contributed by atoms with Gasteiger partial charge < -0.3 is 4.42 Å². The van der Waals surface area contributed by atoms with E-state index in [2.05, 4.69) is 109 Å². The molecule has 246 valence electrons. The van der Waals surface area contributed by atoms with E-state index in [0.29, 0.717) is 5.56 Å². The van der Waals surface area contributed by atoms with Crippen LogP contribution in [0.25, 0.3) is 110 Å². The molecule has 0 bridgehead atoms. The highest BCUT2D eigenvalue weighted by Gasteiger charge is 2.18. The summed E-state index contributed by atoms with van der Waals surface area (Å²) in [7, 11) is 0. The van der Waals surface area contributed by atoms with Crippen molar-refractivity contribution in [1.82, 2.24) is 0 Å². The van der Waals surface area contributed by atoms with E-state index < -0.39 is 6.04 Å². The van der Waals surface area contributed by atoms with Gasteiger partial charge in [-0.1, -0.05) is 170 Å². The van der Waals surface area contributed by atoms with Crippen LogP contribution < -0.4 is 0 Å².